The number of carbonyl (C=O) groups excluding carboxylic acids is 3. The van der Waals surface area contributed by atoms with Crippen LogP contribution in [0.1, 0.15) is 22.3 Å². The number of nitrogens with one attached hydrogen (secondary N) is 3. The zero-order chi connectivity index (χ0) is 22.1. The van der Waals surface area contributed by atoms with Crippen LogP contribution in [0.5, 0.6) is 0 Å². The summed E-state index contributed by atoms with van der Waals surface area (Å²) >= 11 is 0. The number of nitrogens with two attached hydrogens (primary N) is 1. The van der Waals surface area contributed by atoms with E-state index in [4.69, 9.17) is 10.5 Å². The van der Waals surface area contributed by atoms with E-state index in [1.165, 1.54) is 36.4 Å². The molecule has 0 aliphatic heterocycles. The van der Waals surface area contributed by atoms with Crippen molar-refractivity contribution in [3.05, 3.63) is 59.7 Å². The van der Waals surface area contributed by atoms with E-state index in [2.05, 4.69) is 10.6 Å². The quantitative estimate of drug-likeness (QED) is 0.366. The van der Waals surface area contributed by atoms with Gasteiger partial charge < -0.3 is 21.1 Å². The Morgan fingerprint density at radius 3 is 2.23 bits per heavy atom. The van der Waals surface area contributed by atoms with Gasteiger partial charge in [0.25, 0.3) is 10.0 Å². The average Bonchev–Trinajstić information content (AvgIpc) is 2.67. The molecule has 2 rings (SSSR count). The Kier molecular flexibility index (Phi) is 7.76. The van der Waals surface area contributed by atoms with Crippen LogP contribution in [-0.4, -0.2) is 39.6 Å². The Morgan fingerprint density at radius 1 is 1.00 bits per heavy atom. The number of amides is 4. The van der Waals surface area contributed by atoms with E-state index in [9.17, 15) is 22.8 Å². The van der Waals surface area contributed by atoms with Gasteiger partial charge in [-0.3, -0.25) is 0 Å². The molecule has 0 unspecified atom stereocenters. The summed E-state index contributed by atoms with van der Waals surface area (Å²) in [5.41, 5.74) is 6.34. The fourth-order valence-corrected chi connectivity index (χ4v) is 3.18. The Balaban J connectivity index is 1.86. The number of benzene rings is 2. The average molecular weight is 434 g/mol. The van der Waals surface area contributed by atoms with Gasteiger partial charge in [-0.25, -0.2) is 27.5 Å². The highest BCUT2D eigenvalue weighted by molar-refractivity contribution is 7.90. The van der Waals surface area contributed by atoms with Gasteiger partial charge in [0.2, 0.25) is 0 Å². The zero-order valence-electron chi connectivity index (χ0n) is 16.2. The van der Waals surface area contributed by atoms with Gasteiger partial charge in [0.15, 0.2) is 0 Å². The highest BCUT2D eigenvalue weighted by atomic mass is 32.2. The van der Waals surface area contributed by atoms with Crippen molar-refractivity contribution in [2.75, 3.05) is 18.5 Å². The molecule has 30 heavy (non-hydrogen) atoms. The van der Waals surface area contributed by atoms with Gasteiger partial charge in [-0.05, 0) is 49.7 Å². The number of hydrogen-bond acceptors (Lipinski definition) is 6. The number of primary amides is 1. The molecule has 0 atom stereocenters. The van der Waals surface area contributed by atoms with Crippen LogP contribution < -0.4 is 21.1 Å². The molecular formula is C19H22N4O6S. The highest BCUT2D eigenvalue weighted by Crippen LogP contribution is 2.13. The third-order valence-electron chi connectivity index (χ3n) is 3.79. The summed E-state index contributed by atoms with van der Waals surface area (Å²) in [5.74, 6) is -0.577. The summed E-state index contributed by atoms with van der Waals surface area (Å²) in [5, 5.41) is 4.75. The van der Waals surface area contributed by atoms with Crippen molar-refractivity contribution < 1.29 is 27.5 Å². The lowest BCUT2D eigenvalue weighted by atomic mass is 10.2. The van der Waals surface area contributed by atoms with Gasteiger partial charge in [0.05, 0.1) is 17.1 Å². The summed E-state index contributed by atoms with van der Waals surface area (Å²) in [6, 6.07) is 10.2. The maximum absolute atomic E-state index is 12.2. The molecule has 0 saturated heterocycles. The predicted octanol–water partition coefficient (Wildman–Crippen LogP) is 1.72. The van der Waals surface area contributed by atoms with E-state index in [1.54, 1.807) is 12.1 Å². The molecule has 0 spiro atoms. The summed E-state index contributed by atoms with van der Waals surface area (Å²) in [7, 11) is -4.01. The molecule has 0 heterocycles. The van der Waals surface area contributed by atoms with Gasteiger partial charge in [-0.2, -0.15) is 0 Å². The zero-order valence-corrected chi connectivity index (χ0v) is 17.0. The molecule has 0 fully saturated rings. The maximum atomic E-state index is 12.2. The van der Waals surface area contributed by atoms with Crippen LogP contribution in [0.2, 0.25) is 0 Å². The number of carbonyl (C=O) groups is 3. The third-order valence-corrected chi connectivity index (χ3v) is 5.14. The van der Waals surface area contributed by atoms with Gasteiger partial charge in [-0.15, -0.1) is 0 Å². The van der Waals surface area contributed by atoms with E-state index >= 15 is 0 Å². The van der Waals surface area contributed by atoms with Crippen LogP contribution in [0.4, 0.5) is 15.3 Å². The number of aryl methyl sites for hydroxylation is 1. The van der Waals surface area contributed by atoms with E-state index in [0.29, 0.717) is 6.42 Å². The second kappa shape index (κ2) is 10.3. The molecule has 0 aliphatic rings. The van der Waals surface area contributed by atoms with Crippen LogP contribution in [0, 0.1) is 6.92 Å². The fraction of sp³-hybridized carbons (Fsp3) is 0.211. The Morgan fingerprint density at radius 2 is 1.63 bits per heavy atom. The lowest BCUT2D eigenvalue weighted by Gasteiger charge is -2.09. The minimum absolute atomic E-state index is 0.0348. The highest BCUT2D eigenvalue weighted by Gasteiger charge is 2.17. The van der Waals surface area contributed by atoms with Gasteiger partial charge >= 0.3 is 18.0 Å². The molecule has 5 N–H and O–H groups in total. The minimum atomic E-state index is -4.01. The lowest BCUT2D eigenvalue weighted by Crippen LogP contribution is -2.34. The SMILES string of the molecule is Cc1ccc(S(=O)(=O)NC(=O)Nc2ccc(C(=O)OCCCNC(N)=O)cc2)cc1. The molecule has 0 saturated carbocycles. The van der Waals surface area contributed by atoms with Crippen molar-refractivity contribution in [1.82, 2.24) is 10.0 Å². The largest absolute Gasteiger partial charge is 0.462 e. The number of hydrogen-bond donors (Lipinski definition) is 4. The second-order valence-electron chi connectivity index (χ2n) is 6.23. The first-order chi connectivity index (χ1) is 14.2. The number of urea groups is 2. The maximum Gasteiger partial charge on any atom is 0.338 e. The van der Waals surface area contributed by atoms with Crippen molar-refractivity contribution >= 4 is 33.7 Å². The second-order valence-corrected chi connectivity index (χ2v) is 7.91. The standard InChI is InChI=1S/C19H22N4O6S/c1-13-3-9-16(10-4-13)30(27,28)23-19(26)22-15-7-5-14(6-8-15)17(24)29-12-2-11-21-18(20)25/h3-10H,2,11-12H2,1H3,(H3,20,21,25)(H2,22,23,26). The predicted molar refractivity (Wildman–Crippen MR) is 109 cm³/mol. The molecule has 0 aliphatic carbocycles. The number of rotatable bonds is 8. The number of esters is 1. The first kappa shape index (κ1) is 22.7. The summed E-state index contributed by atoms with van der Waals surface area (Å²) < 4.78 is 31.4. The van der Waals surface area contributed by atoms with E-state index in [1.807, 2.05) is 11.6 Å². The third kappa shape index (κ3) is 7.09. The Labute approximate surface area is 173 Å². The summed E-state index contributed by atoms with van der Waals surface area (Å²) in [6.45, 7) is 2.20. The summed E-state index contributed by atoms with van der Waals surface area (Å²) in [4.78, 5) is 34.4. The van der Waals surface area contributed by atoms with Crippen molar-refractivity contribution in [3.63, 3.8) is 0 Å². The van der Waals surface area contributed by atoms with E-state index in [0.717, 1.165) is 5.56 Å². The fourth-order valence-electron chi connectivity index (χ4n) is 2.28. The van der Waals surface area contributed by atoms with Crippen LogP contribution in [-0.2, 0) is 14.8 Å². The minimum Gasteiger partial charge on any atom is -0.462 e. The molecular weight excluding hydrogens is 412 g/mol. The van der Waals surface area contributed by atoms with Crippen molar-refractivity contribution in [2.24, 2.45) is 5.73 Å². The summed E-state index contributed by atoms with van der Waals surface area (Å²) in [6.07, 6.45) is 0.407. The number of sulfonamides is 1. The molecule has 10 nitrogen and oxygen atoms in total. The molecule has 2 aromatic rings. The van der Waals surface area contributed by atoms with Gasteiger partial charge in [0, 0.05) is 12.2 Å². The molecule has 160 valence electrons. The molecule has 0 aromatic heterocycles. The smallest absolute Gasteiger partial charge is 0.338 e. The van der Waals surface area contributed by atoms with Gasteiger partial charge in [-0.1, -0.05) is 17.7 Å². The Hall–Kier alpha value is -3.60. The first-order valence-electron chi connectivity index (χ1n) is 8.88. The topological polar surface area (TPSA) is 157 Å². The molecule has 0 bridgehead atoms. The van der Waals surface area contributed by atoms with Gasteiger partial charge in [0.1, 0.15) is 0 Å². The molecule has 2 aromatic carbocycles. The molecule has 0 radical (unpaired) electrons. The number of ether oxygens (including phenoxy) is 1. The van der Waals surface area contributed by atoms with Crippen LogP contribution in [0.15, 0.2) is 53.4 Å². The van der Waals surface area contributed by atoms with Crippen LogP contribution in [0.25, 0.3) is 0 Å². The molecule has 11 heteroatoms. The monoisotopic (exact) mass is 434 g/mol. The van der Waals surface area contributed by atoms with Crippen LogP contribution in [0.3, 0.4) is 0 Å². The first-order valence-corrected chi connectivity index (χ1v) is 10.4. The lowest BCUT2D eigenvalue weighted by molar-refractivity contribution is 0.0501. The van der Waals surface area contributed by atoms with Crippen molar-refractivity contribution in [2.45, 2.75) is 18.2 Å². The normalized spacial score (nSPS) is 10.7. The Bertz CT molecular complexity index is 1000. The number of anilines is 1. The van der Waals surface area contributed by atoms with E-state index in [-0.39, 0.29) is 29.3 Å². The van der Waals surface area contributed by atoms with Crippen molar-refractivity contribution in [3.8, 4) is 0 Å². The van der Waals surface area contributed by atoms with Crippen molar-refractivity contribution in [1.29, 1.82) is 0 Å². The molecule has 4 amide bonds. The van der Waals surface area contributed by atoms with E-state index < -0.39 is 28.1 Å². The van der Waals surface area contributed by atoms with Crippen LogP contribution >= 0.6 is 0 Å².